The van der Waals surface area contributed by atoms with Crippen molar-refractivity contribution in [1.82, 2.24) is 4.90 Å². The zero-order valence-electron chi connectivity index (χ0n) is 12.1. The van der Waals surface area contributed by atoms with Crippen LogP contribution in [0.25, 0.3) is 0 Å². The Kier molecular flexibility index (Phi) is 4.10. The van der Waals surface area contributed by atoms with E-state index in [4.69, 9.17) is 4.74 Å². The molecule has 1 aliphatic rings. The summed E-state index contributed by atoms with van der Waals surface area (Å²) in [6.45, 7) is 9.29. The summed E-state index contributed by atoms with van der Waals surface area (Å²) in [5, 5.41) is 2.99. The van der Waals surface area contributed by atoms with Crippen LogP contribution in [0.3, 0.4) is 0 Å². The maximum Gasteiger partial charge on any atom is 0.322 e. The van der Waals surface area contributed by atoms with E-state index in [-0.39, 0.29) is 18.2 Å². The van der Waals surface area contributed by atoms with Gasteiger partial charge in [-0.05, 0) is 44.9 Å². The van der Waals surface area contributed by atoms with Crippen molar-refractivity contribution in [3.8, 4) is 0 Å². The summed E-state index contributed by atoms with van der Waals surface area (Å²) in [5.41, 5.74) is 3.11. The molecule has 2 rings (SSSR count). The molecule has 0 radical (unpaired) electrons. The first-order valence-electron chi connectivity index (χ1n) is 6.74. The number of carbonyl (C=O) groups is 1. The second-order valence-corrected chi connectivity index (χ2v) is 5.41. The number of amides is 2. The second-order valence-electron chi connectivity index (χ2n) is 5.41. The molecule has 4 nitrogen and oxygen atoms in total. The average molecular weight is 262 g/mol. The summed E-state index contributed by atoms with van der Waals surface area (Å²) in [6.07, 6.45) is 0.182. The molecule has 2 amide bonds. The normalized spacial score (nSPS) is 23.3. The van der Waals surface area contributed by atoms with Gasteiger partial charge in [0.05, 0.1) is 12.2 Å². The van der Waals surface area contributed by atoms with Crippen LogP contribution in [0.4, 0.5) is 10.5 Å². The maximum atomic E-state index is 12.3. The SMILES string of the molecule is Cc1ccc(C)c(NC(=O)N2C[C@@H](C)O[C@@H](C)C2)c1. The molecule has 0 bridgehead atoms. The van der Waals surface area contributed by atoms with Crippen LogP contribution < -0.4 is 5.32 Å². The lowest BCUT2D eigenvalue weighted by Gasteiger charge is -2.35. The Balaban J connectivity index is 2.06. The van der Waals surface area contributed by atoms with Gasteiger partial charge in [0, 0.05) is 18.8 Å². The fraction of sp³-hybridized carbons (Fsp3) is 0.533. The highest BCUT2D eigenvalue weighted by Crippen LogP contribution is 2.18. The molecular weight excluding hydrogens is 240 g/mol. The summed E-state index contributed by atoms with van der Waals surface area (Å²) in [4.78, 5) is 14.1. The quantitative estimate of drug-likeness (QED) is 0.845. The van der Waals surface area contributed by atoms with Gasteiger partial charge >= 0.3 is 6.03 Å². The Morgan fingerprint density at radius 3 is 2.53 bits per heavy atom. The number of aryl methyl sites for hydroxylation is 2. The molecule has 1 heterocycles. The smallest absolute Gasteiger partial charge is 0.322 e. The van der Waals surface area contributed by atoms with Crippen molar-refractivity contribution in [2.45, 2.75) is 39.9 Å². The van der Waals surface area contributed by atoms with Crippen molar-refractivity contribution >= 4 is 11.7 Å². The number of anilines is 1. The van der Waals surface area contributed by atoms with Gasteiger partial charge < -0.3 is 15.0 Å². The third-order valence-electron chi connectivity index (χ3n) is 3.34. The number of nitrogens with one attached hydrogen (secondary N) is 1. The van der Waals surface area contributed by atoms with Crippen LogP contribution in [-0.2, 0) is 4.74 Å². The number of carbonyl (C=O) groups excluding carboxylic acids is 1. The van der Waals surface area contributed by atoms with Gasteiger partial charge in [-0.25, -0.2) is 4.79 Å². The van der Waals surface area contributed by atoms with Crippen molar-refractivity contribution < 1.29 is 9.53 Å². The van der Waals surface area contributed by atoms with Gasteiger partial charge in [-0.1, -0.05) is 12.1 Å². The Labute approximate surface area is 114 Å². The molecule has 1 aromatic rings. The van der Waals surface area contributed by atoms with Crippen molar-refractivity contribution in [2.75, 3.05) is 18.4 Å². The van der Waals surface area contributed by atoms with Crippen LogP contribution >= 0.6 is 0 Å². The van der Waals surface area contributed by atoms with E-state index in [1.54, 1.807) is 0 Å². The van der Waals surface area contributed by atoms with Crippen LogP contribution in [-0.4, -0.2) is 36.2 Å². The van der Waals surface area contributed by atoms with E-state index in [2.05, 4.69) is 5.32 Å². The molecule has 104 valence electrons. The molecule has 0 aromatic heterocycles. The minimum atomic E-state index is -0.0456. The lowest BCUT2D eigenvalue weighted by molar-refractivity contribution is -0.0530. The van der Waals surface area contributed by atoms with Crippen molar-refractivity contribution in [3.63, 3.8) is 0 Å². The number of morpholine rings is 1. The summed E-state index contributed by atoms with van der Waals surface area (Å²) in [5.74, 6) is 0. The lowest BCUT2D eigenvalue weighted by atomic mass is 10.1. The molecule has 2 atom stereocenters. The maximum absolute atomic E-state index is 12.3. The molecule has 4 heteroatoms. The zero-order chi connectivity index (χ0) is 14.0. The molecule has 1 aliphatic heterocycles. The van der Waals surface area contributed by atoms with Gasteiger partial charge in [0.25, 0.3) is 0 Å². The highest BCUT2D eigenvalue weighted by Gasteiger charge is 2.25. The minimum absolute atomic E-state index is 0.0456. The van der Waals surface area contributed by atoms with Crippen molar-refractivity contribution in [2.24, 2.45) is 0 Å². The predicted molar refractivity (Wildman–Crippen MR) is 76.5 cm³/mol. The molecular formula is C15H22N2O2. The highest BCUT2D eigenvalue weighted by molar-refractivity contribution is 5.90. The summed E-state index contributed by atoms with van der Waals surface area (Å²) in [6, 6.07) is 6.02. The first kappa shape index (κ1) is 13.9. The van der Waals surface area contributed by atoms with E-state index in [0.29, 0.717) is 13.1 Å². The third-order valence-corrected chi connectivity index (χ3v) is 3.34. The monoisotopic (exact) mass is 262 g/mol. The standard InChI is InChI=1S/C15H22N2O2/c1-10-5-6-11(2)14(7-10)16-15(18)17-8-12(3)19-13(4)9-17/h5-7,12-13H,8-9H2,1-4H3,(H,16,18)/t12-,13+. The Bertz CT molecular complexity index is 463. The molecule has 1 N–H and O–H groups in total. The van der Waals surface area contributed by atoms with Gasteiger partial charge in [-0.2, -0.15) is 0 Å². The fourth-order valence-electron chi connectivity index (χ4n) is 2.41. The molecule has 0 saturated carbocycles. The lowest BCUT2D eigenvalue weighted by Crippen LogP contribution is -2.49. The first-order chi connectivity index (χ1) is 8.95. The molecule has 0 spiro atoms. The number of rotatable bonds is 1. The summed E-state index contributed by atoms with van der Waals surface area (Å²) in [7, 11) is 0. The van der Waals surface area contributed by atoms with Crippen LogP contribution in [0, 0.1) is 13.8 Å². The molecule has 1 saturated heterocycles. The van der Waals surface area contributed by atoms with E-state index in [1.165, 1.54) is 0 Å². The van der Waals surface area contributed by atoms with E-state index >= 15 is 0 Å². The number of nitrogens with zero attached hydrogens (tertiary/aromatic N) is 1. The van der Waals surface area contributed by atoms with Crippen LogP contribution in [0.15, 0.2) is 18.2 Å². The number of benzene rings is 1. The van der Waals surface area contributed by atoms with Gasteiger partial charge in [-0.15, -0.1) is 0 Å². The van der Waals surface area contributed by atoms with E-state index in [1.807, 2.05) is 50.8 Å². The van der Waals surface area contributed by atoms with Crippen molar-refractivity contribution in [3.05, 3.63) is 29.3 Å². The van der Waals surface area contributed by atoms with Gasteiger partial charge in [0.1, 0.15) is 0 Å². The Morgan fingerprint density at radius 2 is 1.89 bits per heavy atom. The van der Waals surface area contributed by atoms with Crippen LogP contribution in [0.2, 0.25) is 0 Å². The Hall–Kier alpha value is -1.55. The summed E-state index contributed by atoms with van der Waals surface area (Å²) >= 11 is 0. The predicted octanol–water partition coefficient (Wildman–Crippen LogP) is 2.94. The van der Waals surface area contributed by atoms with Gasteiger partial charge in [-0.3, -0.25) is 0 Å². The second kappa shape index (κ2) is 5.61. The number of hydrogen-bond donors (Lipinski definition) is 1. The third kappa shape index (κ3) is 3.47. The molecule has 1 fully saturated rings. The molecule has 19 heavy (non-hydrogen) atoms. The van der Waals surface area contributed by atoms with E-state index in [0.717, 1.165) is 16.8 Å². The number of urea groups is 1. The van der Waals surface area contributed by atoms with Crippen molar-refractivity contribution in [1.29, 1.82) is 0 Å². The summed E-state index contributed by atoms with van der Waals surface area (Å²) < 4.78 is 5.64. The topological polar surface area (TPSA) is 41.6 Å². The van der Waals surface area contributed by atoms with Gasteiger partial charge in [0.2, 0.25) is 0 Å². The fourth-order valence-corrected chi connectivity index (χ4v) is 2.41. The van der Waals surface area contributed by atoms with E-state index in [9.17, 15) is 4.79 Å². The zero-order valence-corrected chi connectivity index (χ0v) is 12.1. The Morgan fingerprint density at radius 1 is 1.26 bits per heavy atom. The number of hydrogen-bond acceptors (Lipinski definition) is 2. The largest absolute Gasteiger partial charge is 0.372 e. The molecule has 0 aliphatic carbocycles. The molecule has 1 aromatic carbocycles. The first-order valence-corrected chi connectivity index (χ1v) is 6.74. The van der Waals surface area contributed by atoms with Crippen LogP contribution in [0.1, 0.15) is 25.0 Å². The van der Waals surface area contributed by atoms with E-state index < -0.39 is 0 Å². The van der Waals surface area contributed by atoms with Gasteiger partial charge in [0.15, 0.2) is 0 Å². The highest BCUT2D eigenvalue weighted by atomic mass is 16.5. The molecule has 0 unspecified atom stereocenters. The average Bonchev–Trinajstić information content (AvgIpc) is 2.32. The van der Waals surface area contributed by atoms with Crippen LogP contribution in [0.5, 0.6) is 0 Å². The number of ether oxygens (including phenoxy) is 1. The minimum Gasteiger partial charge on any atom is -0.372 e.